The Morgan fingerprint density at radius 3 is 2.70 bits per heavy atom. The Kier molecular flexibility index (Phi) is 8.78. The van der Waals surface area contributed by atoms with Crippen LogP contribution in [0.15, 0.2) is 54.6 Å². The average molecular weight is 372 g/mol. The van der Waals surface area contributed by atoms with Crippen molar-refractivity contribution in [3.8, 4) is 5.75 Å². The van der Waals surface area contributed by atoms with Gasteiger partial charge in [-0.15, -0.1) is 0 Å². The summed E-state index contributed by atoms with van der Waals surface area (Å²) in [6.07, 6.45) is 10.4. The first-order chi connectivity index (χ1) is 13.1. The molecule has 0 spiro atoms. The minimum absolute atomic E-state index is 0.0207. The fourth-order valence-corrected chi connectivity index (χ4v) is 3.28. The van der Waals surface area contributed by atoms with Gasteiger partial charge in [-0.2, -0.15) is 0 Å². The zero-order valence-electron chi connectivity index (χ0n) is 15.5. The molecule has 0 amide bonds. The number of rotatable bonds is 11. The van der Waals surface area contributed by atoms with Gasteiger partial charge in [0.1, 0.15) is 24.2 Å². The number of aliphatic hydroxyl groups is 1. The predicted octanol–water partition coefficient (Wildman–Crippen LogP) is 3.78. The number of para-hydroxylation sites is 1. The zero-order valence-corrected chi connectivity index (χ0v) is 15.5. The molecule has 1 aromatic rings. The quantitative estimate of drug-likeness (QED) is 0.578. The lowest BCUT2D eigenvalue weighted by Gasteiger charge is -2.15. The van der Waals surface area contributed by atoms with Crippen LogP contribution in [-0.2, 0) is 9.59 Å². The summed E-state index contributed by atoms with van der Waals surface area (Å²) in [5, 5.41) is 18.7. The molecule has 0 saturated heterocycles. The summed E-state index contributed by atoms with van der Waals surface area (Å²) in [6, 6.07) is 9.34. The normalized spacial score (nSPS) is 21.1. The molecule has 1 aliphatic carbocycles. The van der Waals surface area contributed by atoms with E-state index in [1.165, 1.54) is 0 Å². The minimum atomic E-state index is -0.800. The van der Waals surface area contributed by atoms with Crippen molar-refractivity contribution in [3.05, 3.63) is 54.6 Å². The highest BCUT2D eigenvalue weighted by Crippen LogP contribution is 2.33. The molecule has 0 aliphatic heterocycles. The summed E-state index contributed by atoms with van der Waals surface area (Å²) in [5.74, 6) is 0.321. The number of aliphatic carboxylic acids is 1. The Morgan fingerprint density at radius 1 is 1.22 bits per heavy atom. The van der Waals surface area contributed by atoms with Crippen LogP contribution in [0.2, 0.25) is 0 Å². The van der Waals surface area contributed by atoms with Crippen LogP contribution in [0.25, 0.3) is 0 Å². The Labute approximate surface area is 160 Å². The van der Waals surface area contributed by atoms with Gasteiger partial charge in [-0.05, 0) is 43.7 Å². The fourth-order valence-electron chi connectivity index (χ4n) is 3.28. The van der Waals surface area contributed by atoms with Gasteiger partial charge in [0.05, 0.1) is 0 Å². The number of carboxylic acid groups (broad SMARTS) is 1. The smallest absolute Gasteiger partial charge is 0.303 e. The number of hydrogen-bond acceptors (Lipinski definition) is 4. The average Bonchev–Trinajstić information content (AvgIpc) is 3.01. The molecule has 3 atom stereocenters. The third-order valence-corrected chi connectivity index (χ3v) is 4.73. The lowest BCUT2D eigenvalue weighted by Crippen LogP contribution is -2.17. The summed E-state index contributed by atoms with van der Waals surface area (Å²) in [6.45, 7) is 0.179. The molecule has 2 rings (SSSR count). The van der Waals surface area contributed by atoms with Crippen molar-refractivity contribution >= 4 is 11.8 Å². The van der Waals surface area contributed by atoms with Gasteiger partial charge in [0, 0.05) is 18.8 Å². The molecule has 0 aromatic heterocycles. The van der Waals surface area contributed by atoms with Gasteiger partial charge < -0.3 is 14.9 Å². The van der Waals surface area contributed by atoms with Crippen LogP contribution in [0.4, 0.5) is 0 Å². The van der Waals surface area contributed by atoms with E-state index >= 15 is 0 Å². The SMILES string of the molecule is O=C(O)CCC=CCCC1C(=O)CCC1C=CC(O)COc1ccccc1. The molecule has 2 N–H and O–H groups in total. The maximum Gasteiger partial charge on any atom is 0.303 e. The van der Waals surface area contributed by atoms with Crippen molar-refractivity contribution in [1.29, 1.82) is 0 Å². The summed E-state index contributed by atoms with van der Waals surface area (Å²) < 4.78 is 5.53. The van der Waals surface area contributed by atoms with Crippen molar-refractivity contribution in [2.45, 2.75) is 44.6 Å². The number of ketones is 1. The zero-order chi connectivity index (χ0) is 19.5. The molecule has 3 unspecified atom stereocenters. The highest BCUT2D eigenvalue weighted by atomic mass is 16.5. The van der Waals surface area contributed by atoms with E-state index in [0.29, 0.717) is 18.6 Å². The van der Waals surface area contributed by atoms with E-state index in [4.69, 9.17) is 9.84 Å². The van der Waals surface area contributed by atoms with E-state index in [9.17, 15) is 14.7 Å². The van der Waals surface area contributed by atoms with E-state index < -0.39 is 12.1 Å². The van der Waals surface area contributed by atoms with E-state index in [-0.39, 0.29) is 30.6 Å². The van der Waals surface area contributed by atoms with Crippen LogP contribution in [0.1, 0.15) is 38.5 Å². The Morgan fingerprint density at radius 2 is 1.96 bits per heavy atom. The molecule has 5 nitrogen and oxygen atoms in total. The second kappa shape index (κ2) is 11.3. The second-order valence-electron chi connectivity index (χ2n) is 6.83. The number of allylic oxidation sites excluding steroid dienone is 3. The maximum absolute atomic E-state index is 12.1. The first-order valence-corrected chi connectivity index (χ1v) is 9.50. The highest BCUT2D eigenvalue weighted by molar-refractivity contribution is 5.83. The summed E-state index contributed by atoms with van der Waals surface area (Å²) >= 11 is 0. The van der Waals surface area contributed by atoms with Crippen LogP contribution >= 0.6 is 0 Å². The molecule has 0 heterocycles. The number of benzene rings is 1. The van der Waals surface area contributed by atoms with Crippen LogP contribution in [0.3, 0.4) is 0 Å². The van der Waals surface area contributed by atoms with Gasteiger partial charge in [-0.3, -0.25) is 9.59 Å². The monoisotopic (exact) mass is 372 g/mol. The summed E-state index contributed by atoms with van der Waals surface area (Å²) in [7, 11) is 0. The van der Waals surface area contributed by atoms with Crippen molar-refractivity contribution < 1.29 is 24.5 Å². The number of aliphatic hydroxyl groups excluding tert-OH is 1. The minimum Gasteiger partial charge on any atom is -0.491 e. The molecule has 1 aliphatic rings. The number of ether oxygens (including phenoxy) is 1. The predicted molar refractivity (Wildman–Crippen MR) is 104 cm³/mol. The first-order valence-electron chi connectivity index (χ1n) is 9.50. The van der Waals surface area contributed by atoms with Crippen LogP contribution in [0.5, 0.6) is 5.75 Å². The number of hydrogen-bond donors (Lipinski definition) is 2. The molecule has 5 heteroatoms. The van der Waals surface area contributed by atoms with E-state index in [1.54, 1.807) is 6.08 Å². The lowest BCUT2D eigenvalue weighted by molar-refractivity contribution is -0.136. The van der Waals surface area contributed by atoms with E-state index in [1.807, 2.05) is 48.6 Å². The maximum atomic E-state index is 12.1. The standard InChI is InChI=1S/C22H28O5/c23-18(16-27-19-8-4-3-5-9-19)14-12-17-13-15-21(24)20(17)10-6-1-2-7-11-22(25)26/h1-5,8-9,12,14,17-18,20,23H,6-7,10-11,13,15-16H2,(H,25,26). The summed E-state index contributed by atoms with van der Waals surface area (Å²) in [4.78, 5) is 22.6. The van der Waals surface area contributed by atoms with Gasteiger partial charge in [0.2, 0.25) is 0 Å². The number of Topliss-reactive ketones (excluding diaryl/α,β-unsaturated/α-hetero) is 1. The van der Waals surface area contributed by atoms with Crippen LogP contribution in [0, 0.1) is 11.8 Å². The molecule has 146 valence electrons. The van der Waals surface area contributed by atoms with Crippen molar-refractivity contribution in [2.75, 3.05) is 6.61 Å². The van der Waals surface area contributed by atoms with Gasteiger partial charge >= 0.3 is 5.97 Å². The largest absolute Gasteiger partial charge is 0.491 e. The molecular weight excluding hydrogens is 344 g/mol. The Hall–Kier alpha value is -2.40. The molecule has 0 radical (unpaired) electrons. The third kappa shape index (κ3) is 7.79. The molecule has 1 saturated carbocycles. The molecule has 0 bridgehead atoms. The van der Waals surface area contributed by atoms with Crippen LogP contribution in [-0.4, -0.2) is 34.7 Å². The van der Waals surface area contributed by atoms with Gasteiger partial charge in [0.15, 0.2) is 0 Å². The van der Waals surface area contributed by atoms with Crippen LogP contribution < -0.4 is 4.74 Å². The topological polar surface area (TPSA) is 83.8 Å². The van der Waals surface area contributed by atoms with E-state index in [2.05, 4.69) is 0 Å². The van der Waals surface area contributed by atoms with Crippen molar-refractivity contribution in [2.24, 2.45) is 11.8 Å². The number of carboxylic acids is 1. The third-order valence-electron chi connectivity index (χ3n) is 4.73. The molecular formula is C22H28O5. The highest BCUT2D eigenvalue weighted by Gasteiger charge is 2.32. The number of carbonyl (C=O) groups excluding carboxylic acids is 1. The van der Waals surface area contributed by atoms with Crippen molar-refractivity contribution in [1.82, 2.24) is 0 Å². The molecule has 1 fully saturated rings. The lowest BCUT2D eigenvalue weighted by atomic mass is 9.90. The van der Waals surface area contributed by atoms with E-state index in [0.717, 1.165) is 19.3 Å². The van der Waals surface area contributed by atoms with Gasteiger partial charge in [-0.25, -0.2) is 0 Å². The second-order valence-corrected chi connectivity index (χ2v) is 6.83. The fraction of sp³-hybridized carbons (Fsp3) is 0.455. The molecule has 27 heavy (non-hydrogen) atoms. The van der Waals surface area contributed by atoms with Gasteiger partial charge in [-0.1, -0.05) is 42.5 Å². The summed E-state index contributed by atoms with van der Waals surface area (Å²) in [5.41, 5.74) is 0. The molecule has 1 aromatic carbocycles. The Balaban J connectivity index is 1.75. The van der Waals surface area contributed by atoms with Gasteiger partial charge in [0.25, 0.3) is 0 Å². The number of carbonyl (C=O) groups is 2. The van der Waals surface area contributed by atoms with Crippen molar-refractivity contribution in [3.63, 3.8) is 0 Å². The Bertz CT molecular complexity index is 650. The first kappa shape index (κ1) is 20.9.